The van der Waals surface area contributed by atoms with Gasteiger partial charge in [-0.15, -0.1) is 0 Å². The van der Waals surface area contributed by atoms with Crippen molar-refractivity contribution in [2.45, 2.75) is 6.92 Å². The molecule has 0 atom stereocenters. The number of aromatic amines is 1. The largest absolute Gasteiger partial charge is 0.329 e. The van der Waals surface area contributed by atoms with Crippen LogP contribution in [0.4, 0.5) is 0 Å². The lowest BCUT2D eigenvalue weighted by atomic mass is 10.1. The number of hydrogen-bond acceptors (Lipinski definition) is 2. The van der Waals surface area contributed by atoms with Gasteiger partial charge in [0.25, 0.3) is 5.56 Å². The first kappa shape index (κ1) is 8.69. The molecule has 0 aromatic carbocycles. The minimum Gasteiger partial charge on any atom is -0.329 e. The van der Waals surface area contributed by atoms with Gasteiger partial charge in [0.2, 0.25) is 0 Å². The number of nitrogens with zero attached hydrogens (tertiary/aromatic N) is 1. The normalized spacial score (nSPS) is 10.1. The molecule has 14 heavy (non-hydrogen) atoms. The van der Waals surface area contributed by atoms with Crippen LogP contribution in [0.1, 0.15) is 5.56 Å². The van der Waals surface area contributed by atoms with Crippen LogP contribution in [-0.2, 0) is 0 Å². The van der Waals surface area contributed by atoms with E-state index in [0.717, 1.165) is 5.56 Å². The van der Waals surface area contributed by atoms with Gasteiger partial charge in [0.1, 0.15) is 0 Å². The average Bonchev–Trinajstić information content (AvgIpc) is 2.18. The summed E-state index contributed by atoms with van der Waals surface area (Å²) >= 11 is 0. The van der Waals surface area contributed by atoms with Crippen molar-refractivity contribution in [2.75, 3.05) is 0 Å². The van der Waals surface area contributed by atoms with Gasteiger partial charge < -0.3 is 4.98 Å². The van der Waals surface area contributed by atoms with E-state index >= 15 is 0 Å². The van der Waals surface area contributed by atoms with Gasteiger partial charge in [-0.1, -0.05) is 0 Å². The first-order valence-corrected chi connectivity index (χ1v) is 4.38. The summed E-state index contributed by atoms with van der Waals surface area (Å²) in [6.45, 7) is 1.97. The molecule has 0 unspecified atom stereocenters. The van der Waals surface area contributed by atoms with Crippen molar-refractivity contribution in [3.63, 3.8) is 0 Å². The number of aryl methyl sites for hydroxylation is 1. The predicted molar refractivity (Wildman–Crippen MR) is 55.0 cm³/mol. The molecule has 0 spiro atoms. The second kappa shape index (κ2) is 3.46. The number of rotatable bonds is 1. The molecule has 2 aromatic heterocycles. The first-order valence-electron chi connectivity index (χ1n) is 4.38. The molecule has 0 aliphatic rings. The summed E-state index contributed by atoms with van der Waals surface area (Å²) in [6, 6.07) is 7.35. The zero-order valence-electron chi connectivity index (χ0n) is 7.82. The van der Waals surface area contributed by atoms with E-state index in [4.69, 9.17) is 0 Å². The third kappa shape index (κ3) is 1.57. The highest BCUT2D eigenvalue weighted by atomic mass is 16.1. The van der Waals surface area contributed by atoms with Crippen LogP contribution < -0.4 is 5.56 Å². The molecular formula is C11H10N2O. The summed E-state index contributed by atoms with van der Waals surface area (Å²) in [5, 5.41) is 0. The summed E-state index contributed by atoms with van der Waals surface area (Å²) in [5.74, 6) is 0. The van der Waals surface area contributed by atoms with E-state index in [9.17, 15) is 4.79 Å². The molecule has 3 heteroatoms. The highest BCUT2D eigenvalue weighted by molar-refractivity contribution is 5.57. The van der Waals surface area contributed by atoms with Gasteiger partial charge in [0.05, 0.1) is 11.3 Å². The lowest BCUT2D eigenvalue weighted by molar-refractivity contribution is 1.21. The van der Waals surface area contributed by atoms with Crippen LogP contribution in [0, 0.1) is 6.92 Å². The highest BCUT2D eigenvalue weighted by Gasteiger charge is 2.02. The molecular weight excluding hydrogens is 176 g/mol. The first-order chi connectivity index (χ1) is 6.77. The Bertz CT molecular complexity index is 502. The van der Waals surface area contributed by atoms with Crippen molar-refractivity contribution < 1.29 is 0 Å². The minimum absolute atomic E-state index is 0.106. The van der Waals surface area contributed by atoms with Crippen LogP contribution in [0.2, 0.25) is 0 Å². The van der Waals surface area contributed by atoms with E-state index in [1.165, 1.54) is 0 Å². The van der Waals surface area contributed by atoms with E-state index in [2.05, 4.69) is 9.97 Å². The monoisotopic (exact) mass is 186 g/mol. The maximum atomic E-state index is 11.4. The Labute approximate surface area is 81.5 Å². The van der Waals surface area contributed by atoms with Crippen molar-refractivity contribution >= 4 is 0 Å². The SMILES string of the molecule is Cc1ccnc(-c2ccc[nH]c2=O)c1. The van der Waals surface area contributed by atoms with Crippen LogP contribution in [0.15, 0.2) is 41.5 Å². The molecule has 0 bridgehead atoms. The molecule has 2 heterocycles. The number of nitrogens with one attached hydrogen (secondary N) is 1. The lowest BCUT2D eigenvalue weighted by Gasteiger charge is -1.99. The molecule has 0 amide bonds. The standard InChI is InChI=1S/C11H10N2O/c1-8-4-6-12-10(7-8)9-3-2-5-13-11(9)14/h2-7H,1H3,(H,13,14). The number of aromatic nitrogens is 2. The fraction of sp³-hybridized carbons (Fsp3) is 0.0909. The smallest absolute Gasteiger partial charge is 0.257 e. The second-order valence-corrected chi connectivity index (χ2v) is 3.13. The zero-order valence-corrected chi connectivity index (χ0v) is 7.82. The molecule has 2 aromatic rings. The van der Waals surface area contributed by atoms with Gasteiger partial charge in [-0.05, 0) is 36.8 Å². The number of pyridine rings is 2. The summed E-state index contributed by atoms with van der Waals surface area (Å²) in [6.07, 6.45) is 3.32. The van der Waals surface area contributed by atoms with Crippen LogP contribution in [0.5, 0.6) is 0 Å². The number of hydrogen-bond donors (Lipinski definition) is 1. The molecule has 2 rings (SSSR count). The summed E-state index contributed by atoms with van der Waals surface area (Å²) in [5.41, 5.74) is 2.31. The quantitative estimate of drug-likeness (QED) is 0.737. The van der Waals surface area contributed by atoms with Gasteiger partial charge >= 0.3 is 0 Å². The Balaban J connectivity index is 2.61. The molecule has 70 valence electrons. The molecule has 3 nitrogen and oxygen atoms in total. The Morgan fingerprint density at radius 1 is 1.36 bits per heavy atom. The topological polar surface area (TPSA) is 45.8 Å². The Morgan fingerprint density at radius 2 is 2.21 bits per heavy atom. The average molecular weight is 186 g/mol. The van der Waals surface area contributed by atoms with E-state index < -0.39 is 0 Å². The molecule has 0 saturated heterocycles. The van der Waals surface area contributed by atoms with E-state index in [-0.39, 0.29) is 5.56 Å². The van der Waals surface area contributed by atoms with Crippen molar-refractivity contribution in [1.82, 2.24) is 9.97 Å². The maximum absolute atomic E-state index is 11.4. The van der Waals surface area contributed by atoms with Gasteiger partial charge in [-0.25, -0.2) is 0 Å². The van der Waals surface area contributed by atoms with Gasteiger partial charge in [-0.2, -0.15) is 0 Å². The van der Waals surface area contributed by atoms with Gasteiger partial charge in [-0.3, -0.25) is 9.78 Å². The van der Waals surface area contributed by atoms with Crippen LogP contribution >= 0.6 is 0 Å². The lowest BCUT2D eigenvalue weighted by Crippen LogP contribution is -2.07. The Morgan fingerprint density at radius 3 is 2.93 bits per heavy atom. The third-order valence-electron chi connectivity index (χ3n) is 2.01. The van der Waals surface area contributed by atoms with E-state index in [1.807, 2.05) is 19.1 Å². The van der Waals surface area contributed by atoms with Crippen molar-refractivity contribution in [1.29, 1.82) is 0 Å². The van der Waals surface area contributed by atoms with E-state index in [1.54, 1.807) is 24.5 Å². The summed E-state index contributed by atoms with van der Waals surface area (Å²) in [7, 11) is 0. The van der Waals surface area contributed by atoms with Crippen LogP contribution in [0.25, 0.3) is 11.3 Å². The molecule has 0 aliphatic carbocycles. The molecule has 0 radical (unpaired) electrons. The van der Waals surface area contributed by atoms with Crippen molar-refractivity contribution in [3.8, 4) is 11.3 Å². The maximum Gasteiger partial charge on any atom is 0.257 e. The predicted octanol–water partition coefficient (Wildman–Crippen LogP) is 1.75. The van der Waals surface area contributed by atoms with Crippen LogP contribution in [-0.4, -0.2) is 9.97 Å². The Hall–Kier alpha value is -1.90. The number of H-pyrrole nitrogens is 1. The third-order valence-corrected chi connectivity index (χ3v) is 2.01. The molecule has 0 saturated carbocycles. The highest BCUT2D eigenvalue weighted by Crippen LogP contribution is 2.11. The van der Waals surface area contributed by atoms with Crippen molar-refractivity contribution in [2.24, 2.45) is 0 Å². The van der Waals surface area contributed by atoms with Gasteiger partial charge in [0, 0.05) is 12.4 Å². The molecule has 0 fully saturated rings. The second-order valence-electron chi connectivity index (χ2n) is 3.13. The fourth-order valence-electron chi connectivity index (χ4n) is 1.31. The molecule has 1 N–H and O–H groups in total. The fourth-order valence-corrected chi connectivity index (χ4v) is 1.31. The van der Waals surface area contributed by atoms with Crippen LogP contribution in [0.3, 0.4) is 0 Å². The van der Waals surface area contributed by atoms with E-state index in [0.29, 0.717) is 11.3 Å². The summed E-state index contributed by atoms with van der Waals surface area (Å²) < 4.78 is 0. The van der Waals surface area contributed by atoms with Crippen molar-refractivity contribution in [3.05, 3.63) is 52.6 Å². The van der Waals surface area contributed by atoms with Gasteiger partial charge in [0.15, 0.2) is 0 Å². The zero-order chi connectivity index (χ0) is 9.97. The minimum atomic E-state index is -0.106. The molecule has 0 aliphatic heterocycles. The summed E-state index contributed by atoms with van der Waals surface area (Å²) in [4.78, 5) is 18.2. The Kier molecular flexibility index (Phi) is 2.14.